The third kappa shape index (κ3) is 2.74. The molecule has 3 aromatic rings. The summed E-state index contributed by atoms with van der Waals surface area (Å²) in [7, 11) is 1.81. The number of furan rings is 1. The number of thiazole rings is 1. The molecule has 4 heterocycles. The van der Waals surface area contributed by atoms with Gasteiger partial charge in [-0.25, -0.2) is 4.98 Å². The van der Waals surface area contributed by atoms with E-state index in [0.29, 0.717) is 18.8 Å². The average molecular weight is 343 g/mol. The van der Waals surface area contributed by atoms with Gasteiger partial charge in [-0.2, -0.15) is 5.10 Å². The minimum absolute atomic E-state index is 0.123. The van der Waals surface area contributed by atoms with Gasteiger partial charge in [-0.3, -0.25) is 9.48 Å². The molecule has 1 amide bonds. The molecule has 1 aliphatic heterocycles. The molecule has 4 rings (SSSR count). The summed E-state index contributed by atoms with van der Waals surface area (Å²) >= 11 is 1.50. The summed E-state index contributed by atoms with van der Waals surface area (Å²) in [5, 5.41) is 13.4. The van der Waals surface area contributed by atoms with Gasteiger partial charge in [0.1, 0.15) is 5.69 Å². The number of aryl methyl sites for hydroxylation is 1. The van der Waals surface area contributed by atoms with Crippen LogP contribution in [-0.4, -0.2) is 27.2 Å². The van der Waals surface area contributed by atoms with Gasteiger partial charge in [0.15, 0.2) is 10.8 Å². The molecule has 24 heavy (non-hydrogen) atoms. The molecule has 0 saturated carbocycles. The number of fused-ring (bicyclic) bond motifs is 1. The van der Waals surface area contributed by atoms with Crippen molar-refractivity contribution in [2.24, 2.45) is 7.05 Å². The van der Waals surface area contributed by atoms with Gasteiger partial charge in [-0.15, -0.1) is 11.3 Å². The second-order valence-electron chi connectivity index (χ2n) is 5.63. The summed E-state index contributed by atoms with van der Waals surface area (Å²) < 4.78 is 7.01. The maximum Gasteiger partial charge on any atom is 0.270 e. The molecular weight excluding hydrogens is 326 g/mol. The predicted octanol–water partition coefficient (Wildman–Crippen LogP) is 1.71. The molecule has 0 saturated heterocycles. The van der Waals surface area contributed by atoms with E-state index in [4.69, 9.17) is 4.42 Å². The highest BCUT2D eigenvalue weighted by Crippen LogP contribution is 2.24. The van der Waals surface area contributed by atoms with E-state index in [9.17, 15) is 4.79 Å². The Hall–Kier alpha value is -2.45. The number of nitrogens with zero attached hydrogens (tertiary/aromatic N) is 3. The van der Waals surface area contributed by atoms with Crippen LogP contribution in [0.5, 0.6) is 0 Å². The van der Waals surface area contributed by atoms with Crippen LogP contribution in [0.4, 0.5) is 0 Å². The zero-order valence-electron chi connectivity index (χ0n) is 13.2. The number of amides is 1. The molecular formula is C16H17N5O2S. The molecule has 0 unspecified atom stereocenters. The fraction of sp³-hybridized carbons (Fsp3) is 0.312. The summed E-state index contributed by atoms with van der Waals surface area (Å²) in [5.41, 5.74) is 3.44. The summed E-state index contributed by atoms with van der Waals surface area (Å²) in [5.74, 6) is 0.617. The minimum Gasteiger partial charge on any atom is -0.462 e. The molecule has 0 radical (unpaired) electrons. The third-order valence-electron chi connectivity index (χ3n) is 4.00. The van der Waals surface area contributed by atoms with Crippen LogP contribution >= 0.6 is 11.3 Å². The Morgan fingerprint density at radius 2 is 2.46 bits per heavy atom. The van der Waals surface area contributed by atoms with Gasteiger partial charge in [0.25, 0.3) is 5.91 Å². The van der Waals surface area contributed by atoms with Gasteiger partial charge in [-0.1, -0.05) is 0 Å². The van der Waals surface area contributed by atoms with Gasteiger partial charge < -0.3 is 15.1 Å². The van der Waals surface area contributed by atoms with Crippen LogP contribution in [0.3, 0.4) is 0 Å². The SMILES string of the molecule is Cn1nc2c(c1C(=O)NCc1csc(-c3ccco3)n1)CNCC2. The lowest BCUT2D eigenvalue weighted by molar-refractivity contribution is 0.0940. The van der Waals surface area contributed by atoms with Gasteiger partial charge in [-0.05, 0) is 12.1 Å². The molecule has 0 aliphatic carbocycles. The number of carbonyl (C=O) groups is 1. The van der Waals surface area contributed by atoms with E-state index >= 15 is 0 Å². The van der Waals surface area contributed by atoms with E-state index in [1.807, 2.05) is 24.6 Å². The number of rotatable bonds is 4. The summed E-state index contributed by atoms with van der Waals surface area (Å²) in [6.45, 7) is 1.97. The second-order valence-corrected chi connectivity index (χ2v) is 6.49. The summed E-state index contributed by atoms with van der Waals surface area (Å²) in [4.78, 5) is 17.1. The summed E-state index contributed by atoms with van der Waals surface area (Å²) in [6, 6.07) is 3.70. The number of hydrogen-bond donors (Lipinski definition) is 2. The van der Waals surface area contributed by atoms with Crippen molar-refractivity contribution in [3.8, 4) is 10.8 Å². The second kappa shape index (κ2) is 6.21. The van der Waals surface area contributed by atoms with Gasteiger partial charge in [0.2, 0.25) is 0 Å². The molecule has 0 spiro atoms. The van der Waals surface area contributed by atoms with E-state index in [-0.39, 0.29) is 5.91 Å². The first-order valence-electron chi connectivity index (χ1n) is 7.74. The van der Waals surface area contributed by atoms with E-state index in [2.05, 4.69) is 20.7 Å². The van der Waals surface area contributed by atoms with Gasteiger partial charge in [0.05, 0.1) is 24.2 Å². The van der Waals surface area contributed by atoms with Crippen LogP contribution in [0.25, 0.3) is 10.8 Å². The van der Waals surface area contributed by atoms with Crippen molar-refractivity contribution < 1.29 is 9.21 Å². The molecule has 2 N–H and O–H groups in total. The zero-order chi connectivity index (χ0) is 16.5. The van der Waals surface area contributed by atoms with E-state index in [1.165, 1.54) is 11.3 Å². The van der Waals surface area contributed by atoms with E-state index < -0.39 is 0 Å². The molecule has 0 atom stereocenters. The van der Waals surface area contributed by atoms with Crippen molar-refractivity contribution in [2.75, 3.05) is 6.54 Å². The fourth-order valence-corrected chi connectivity index (χ4v) is 3.66. The molecule has 0 fully saturated rings. The van der Waals surface area contributed by atoms with E-state index in [1.54, 1.807) is 10.9 Å². The molecule has 124 valence electrons. The van der Waals surface area contributed by atoms with Crippen LogP contribution in [-0.2, 0) is 26.6 Å². The number of carbonyl (C=O) groups excluding carboxylic acids is 1. The van der Waals surface area contributed by atoms with Crippen LogP contribution in [0.15, 0.2) is 28.2 Å². The number of aromatic nitrogens is 3. The standard InChI is InChI=1S/C16H17N5O2S/c1-21-14(11-8-17-5-4-12(11)20-21)15(22)18-7-10-9-24-16(19-10)13-3-2-6-23-13/h2-3,6,9,17H,4-5,7-8H2,1H3,(H,18,22). The molecule has 3 aromatic heterocycles. The maximum absolute atomic E-state index is 12.6. The van der Waals surface area contributed by atoms with Crippen molar-refractivity contribution >= 4 is 17.2 Å². The quantitative estimate of drug-likeness (QED) is 0.753. The highest BCUT2D eigenvalue weighted by atomic mass is 32.1. The Kier molecular flexibility index (Phi) is 3.91. The monoisotopic (exact) mass is 343 g/mol. The Bertz CT molecular complexity index is 865. The average Bonchev–Trinajstić information content (AvgIpc) is 3.31. The van der Waals surface area contributed by atoms with E-state index in [0.717, 1.165) is 40.7 Å². The first-order valence-corrected chi connectivity index (χ1v) is 8.62. The van der Waals surface area contributed by atoms with Gasteiger partial charge >= 0.3 is 0 Å². The Morgan fingerprint density at radius 1 is 1.54 bits per heavy atom. The van der Waals surface area contributed by atoms with Crippen molar-refractivity contribution in [3.63, 3.8) is 0 Å². The highest BCUT2D eigenvalue weighted by Gasteiger charge is 2.23. The third-order valence-corrected chi connectivity index (χ3v) is 4.90. The Morgan fingerprint density at radius 3 is 3.29 bits per heavy atom. The van der Waals surface area contributed by atoms with Crippen LogP contribution in [0, 0.1) is 0 Å². The minimum atomic E-state index is -0.123. The normalized spacial score (nSPS) is 13.7. The largest absolute Gasteiger partial charge is 0.462 e. The topological polar surface area (TPSA) is 85.0 Å². The molecule has 8 heteroatoms. The maximum atomic E-state index is 12.6. The van der Waals surface area contributed by atoms with Crippen LogP contribution in [0.1, 0.15) is 27.4 Å². The molecule has 7 nitrogen and oxygen atoms in total. The lowest BCUT2D eigenvalue weighted by atomic mass is 10.1. The first-order chi connectivity index (χ1) is 11.7. The number of hydrogen-bond acceptors (Lipinski definition) is 6. The van der Waals surface area contributed by atoms with Crippen molar-refractivity contribution in [2.45, 2.75) is 19.5 Å². The van der Waals surface area contributed by atoms with Gasteiger partial charge in [0, 0.05) is 37.5 Å². The highest BCUT2D eigenvalue weighted by molar-refractivity contribution is 7.13. The van der Waals surface area contributed by atoms with Crippen LogP contribution in [0.2, 0.25) is 0 Å². The van der Waals surface area contributed by atoms with Crippen molar-refractivity contribution in [1.82, 2.24) is 25.4 Å². The molecule has 1 aliphatic rings. The molecule has 0 bridgehead atoms. The zero-order valence-corrected chi connectivity index (χ0v) is 14.0. The smallest absolute Gasteiger partial charge is 0.270 e. The lowest BCUT2D eigenvalue weighted by Gasteiger charge is -2.12. The Balaban J connectivity index is 1.47. The van der Waals surface area contributed by atoms with Crippen LogP contribution < -0.4 is 10.6 Å². The summed E-state index contributed by atoms with van der Waals surface area (Å²) in [6.07, 6.45) is 2.48. The Labute approximate surface area is 142 Å². The molecule has 0 aromatic carbocycles. The van der Waals surface area contributed by atoms with Crippen molar-refractivity contribution in [3.05, 3.63) is 46.4 Å². The lowest BCUT2D eigenvalue weighted by Crippen LogP contribution is -2.29. The number of nitrogens with one attached hydrogen (secondary N) is 2. The predicted molar refractivity (Wildman–Crippen MR) is 89.6 cm³/mol. The van der Waals surface area contributed by atoms with Crippen molar-refractivity contribution in [1.29, 1.82) is 0 Å². The first kappa shape index (κ1) is 15.1. The fourth-order valence-electron chi connectivity index (χ4n) is 2.87.